The number of nitrogens with one attached hydrogen (secondary N) is 1. The Hall–Kier alpha value is -0.820. The maximum absolute atomic E-state index is 12.1. The zero-order valence-corrected chi connectivity index (χ0v) is 12.3. The Labute approximate surface area is 113 Å². The molecule has 0 saturated heterocycles. The molecule has 7 heteroatoms. The number of aryl methyl sites for hydroxylation is 1. The first-order valence-electron chi connectivity index (χ1n) is 5.44. The largest absolute Gasteiger partial charge is 0.397 e. The molecule has 0 unspecified atom stereocenters. The molecule has 1 rings (SSSR count). The van der Waals surface area contributed by atoms with Gasteiger partial charge in [-0.25, -0.2) is 13.1 Å². The number of nitrogens with zero attached hydrogens (tertiary/aromatic N) is 1. The fourth-order valence-corrected chi connectivity index (χ4v) is 2.94. The van der Waals surface area contributed by atoms with E-state index in [1.807, 2.05) is 19.0 Å². The van der Waals surface area contributed by atoms with E-state index in [0.29, 0.717) is 23.7 Å². The summed E-state index contributed by atoms with van der Waals surface area (Å²) in [5, 5.41) is 0.361. The van der Waals surface area contributed by atoms with Crippen LogP contribution in [0.15, 0.2) is 17.0 Å². The summed E-state index contributed by atoms with van der Waals surface area (Å²) in [5.74, 6) is 0. The highest BCUT2D eigenvalue weighted by Gasteiger charge is 2.17. The van der Waals surface area contributed by atoms with E-state index < -0.39 is 10.0 Å². The number of hydrogen-bond acceptors (Lipinski definition) is 4. The minimum atomic E-state index is -3.54. The third-order valence-electron chi connectivity index (χ3n) is 2.43. The first-order valence-corrected chi connectivity index (χ1v) is 7.30. The van der Waals surface area contributed by atoms with Crippen LogP contribution in [0.3, 0.4) is 0 Å². The van der Waals surface area contributed by atoms with Crippen molar-refractivity contribution >= 4 is 27.3 Å². The topological polar surface area (TPSA) is 75.4 Å². The van der Waals surface area contributed by atoms with E-state index in [2.05, 4.69) is 4.72 Å². The highest BCUT2D eigenvalue weighted by Crippen LogP contribution is 2.25. The first kappa shape index (κ1) is 15.2. The summed E-state index contributed by atoms with van der Waals surface area (Å²) in [7, 11) is 0.208. The minimum Gasteiger partial charge on any atom is -0.397 e. The summed E-state index contributed by atoms with van der Waals surface area (Å²) in [6.07, 6.45) is 0. The maximum Gasteiger partial charge on any atom is 0.240 e. The summed E-state index contributed by atoms with van der Waals surface area (Å²) < 4.78 is 26.7. The summed E-state index contributed by atoms with van der Waals surface area (Å²) in [6, 6.07) is 2.94. The number of sulfonamides is 1. The van der Waals surface area contributed by atoms with Crippen LogP contribution >= 0.6 is 11.6 Å². The minimum absolute atomic E-state index is 0.170. The van der Waals surface area contributed by atoms with Gasteiger partial charge in [0.25, 0.3) is 0 Å². The fourth-order valence-electron chi connectivity index (χ4n) is 1.44. The smallest absolute Gasteiger partial charge is 0.240 e. The van der Waals surface area contributed by atoms with Gasteiger partial charge in [0.1, 0.15) is 0 Å². The van der Waals surface area contributed by atoms with Crippen molar-refractivity contribution < 1.29 is 8.42 Å². The molecule has 0 aliphatic heterocycles. The lowest BCUT2D eigenvalue weighted by Gasteiger charge is -2.13. The molecule has 0 aliphatic carbocycles. The van der Waals surface area contributed by atoms with Crippen molar-refractivity contribution in [2.45, 2.75) is 11.8 Å². The Morgan fingerprint density at radius 3 is 2.56 bits per heavy atom. The van der Waals surface area contributed by atoms with Gasteiger partial charge in [-0.2, -0.15) is 0 Å². The maximum atomic E-state index is 12.1. The Morgan fingerprint density at radius 1 is 1.39 bits per heavy atom. The highest BCUT2D eigenvalue weighted by molar-refractivity contribution is 7.89. The Kier molecular flexibility index (Phi) is 4.98. The predicted molar refractivity (Wildman–Crippen MR) is 74.3 cm³/mol. The molecule has 18 heavy (non-hydrogen) atoms. The number of benzene rings is 1. The monoisotopic (exact) mass is 291 g/mol. The van der Waals surface area contributed by atoms with Gasteiger partial charge in [0.15, 0.2) is 0 Å². The van der Waals surface area contributed by atoms with Crippen LogP contribution in [0.25, 0.3) is 0 Å². The van der Waals surface area contributed by atoms with Crippen LogP contribution in [0.2, 0.25) is 5.02 Å². The van der Waals surface area contributed by atoms with Crippen molar-refractivity contribution in [3.63, 3.8) is 0 Å². The number of nitrogen functional groups attached to an aromatic ring is 1. The second kappa shape index (κ2) is 5.88. The zero-order valence-electron chi connectivity index (χ0n) is 10.7. The van der Waals surface area contributed by atoms with E-state index in [9.17, 15) is 8.42 Å². The lowest BCUT2D eigenvalue weighted by Crippen LogP contribution is -2.31. The quantitative estimate of drug-likeness (QED) is 0.796. The zero-order chi connectivity index (χ0) is 13.9. The number of anilines is 1. The van der Waals surface area contributed by atoms with Crippen LogP contribution in [0.4, 0.5) is 5.69 Å². The Bertz CT molecular complexity index is 529. The van der Waals surface area contributed by atoms with Gasteiger partial charge in [0.05, 0.1) is 15.6 Å². The third kappa shape index (κ3) is 3.84. The Balaban J connectivity index is 2.95. The number of nitrogens with two attached hydrogens (primary N) is 1. The molecular weight excluding hydrogens is 274 g/mol. The molecule has 3 N–H and O–H groups in total. The third-order valence-corrected chi connectivity index (χ3v) is 4.37. The molecule has 5 nitrogen and oxygen atoms in total. The highest BCUT2D eigenvalue weighted by atomic mass is 35.5. The summed E-state index contributed by atoms with van der Waals surface area (Å²) in [5.41, 5.74) is 6.47. The molecule has 0 aromatic heterocycles. The lowest BCUT2D eigenvalue weighted by molar-refractivity contribution is 0.412. The molecule has 0 fully saturated rings. The molecule has 0 amide bonds. The average Bonchev–Trinajstić information content (AvgIpc) is 2.22. The summed E-state index contributed by atoms with van der Waals surface area (Å²) in [4.78, 5) is 2.06. The van der Waals surface area contributed by atoms with Crippen LogP contribution in [-0.2, 0) is 10.0 Å². The van der Waals surface area contributed by atoms with E-state index in [4.69, 9.17) is 17.3 Å². The number of halogens is 1. The van der Waals surface area contributed by atoms with E-state index in [1.54, 1.807) is 13.0 Å². The van der Waals surface area contributed by atoms with Gasteiger partial charge in [-0.15, -0.1) is 0 Å². The molecule has 0 spiro atoms. The molecule has 102 valence electrons. The standard InChI is InChI=1S/C11H18ClN3O2S/c1-8-6-9(12)10(13)7-11(8)18(16,17)14-4-5-15(2)3/h6-7,14H,4-5,13H2,1-3H3. The number of likely N-dealkylation sites (N-methyl/N-ethyl adjacent to an activating group) is 1. The van der Waals surface area contributed by atoms with Gasteiger partial charge < -0.3 is 10.6 Å². The van der Waals surface area contributed by atoms with Gasteiger partial charge in [0.2, 0.25) is 10.0 Å². The number of hydrogen-bond donors (Lipinski definition) is 2. The van der Waals surface area contributed by atoms with E-state index in [-0.39, 0.29) is 10.6 Å². The first-order chi connectivity index (χ1) is 8.24. The molecule has 0 bridgehead atoms. The number of rotatable bonds is 5. The molecule has 1 aromatic rings. The van der Waals surface area contributed by atoms with Crippen LogP contribution < -0.4 is 10.5 Å². The van der Waals surface area contributed by atoms with Gasteiger partial charge >= 0.3 is 0 Å². The van der Waals surface area contributed by atoms with Crippen molar-refractivity contribution in [3.05, 3.63) is 22.7 Å². The average molecular weight is 292 g/mol. The SMILES string of the molecule is Cc1cc(Cl)c(N)cc1S(=O)(=O)NCCN(C)C. The molecule has 0 saturated carbocycles. The van der Waals surface area contributed by atoms with Crippen molar-refractivity contribution in [1.82, 2.24) is 9.62 Å². The second-order valence-corrected chi connectivity index (χ2v) is 6.48. The van der Waals surface area contributed by atoms with Gasteiger partial charge in [0, 0.05) is 13.1 Å². The molecule has 0 heterocycles. The normalized spacial score (nSPS) is 12.1. The van der Waals surface area contributed by atoms with Crippen LogP contribution in [0, 0.1) is 6.92 Å². The summed E-state index contributed by atoms with van der Waals surface area (Å²) in [6.45, 7) is 2.66. The van der Waals surface area contributed by atoms with E-state index in [0.717, 1.165) is 0 Å². The van der Waals surface area contributed by atoms with Crippen molar-refractivity contribution in [3.8, 4) is 0 Å². The van der Waals surface area contributed by atoms with Crippen molar-refractivity contribution in [2.24, 2.45) is 0 Å². The predicted octanol–water partition coefficient (Wildman–Crippen LogP) is 1.07. The lowest BCUT2D eigenvalue weighted by atomic mass is 10.2. The van der Waals surface area contributed by atoms with Crippen molar-refractivity contribution in [1.29, 1.82) is 0 Å². The van der Waals surface area contributed by atoms with Gasteiger partial charge in [-0.1, -0.05) is 11.6 Å². The molecule has 0 aliphatic rings. The molecule has 0 radical (unpaired) electrons. The molecular formula is C11H18ClN3O2S. The van der Waals surface area contributed by atoms with Crippen LogP contribution in [0.1, 0.15) is 5.56 Å². The van der Waals surface area contributed by atoms with E-state index >= 15 is 0 Å². The Morgan fingerprint density at radius 2 is 2.00 bits per heavy atom. The second-order valence-electron chi connectivity index (χ2n) is 4.34. The van der Waals surface area contributed by atoms with Gasteiger partial charge in [-0.05, 0) is 38.7 Å². The fraction of sp³-hybridized carbons (Fsp3) is 0.455. The van der Waals surface area contributed by atoms with E-state index in [1.165, 1.54) is 6.07 Å². The molecule has 1 aromatic carbocycles. The van der Waals surface area contributed by atoms with Crippen LogP contribution in [0.5, 0.6) is 0 Å². The van der Waals surface area contributed by atoms with Crippen molar-refractivity contribution in [2.75, 3.05) is 32.9 Å². The molecule has 0 atom stereocenters. The van der Waals surface area contributed by atoms with Crippen LogP contribution in [-0.4, -0.2) is 40.5 Å². The summed E-state index contributed by atoms with van der Waals surface area (Å²) >= 11 is 5.84. The van der Waals surface area contributed by atoms with Gasteiger partial charge in [-0.3, -0.25) is 0 Å².